The number of rotatable bonds is 6. The maximum absolute atomic E-state index is 9.87. The molecular formula is C20H22ClN5O. The van der Waals surface area contributed by atoms with Gasteiger partial charge >= 0.3 is 0 Å². The number of aliphatic hydroxyl groups is 1. The lowest BCUT2D eigenvalue weighted by Crippen LogP contribution is -2.35. The Labute approximate surface area is 163 Å². The minimum atomic E-state index is 0.0529. The summed E-state index contributed by atoms with van der Waals surface area (Å²) >= 11 is 6.37. The second-order valence-electron chi connectivity index (χ2n) is 6.87. The van der Waals surface area contributed by atoms with Gasteiger partial charge in [-0.2, -0.15) is 0 Å². The molecule has 0 saturated carbocycles. The molecule has 4 rings (SSSR count). The predicted molar refractivity (Wildman–Crippen MR) is 103 cm³/mol. The molecule has 0 unspecified atom stereocenters. The number of halogens is 1. The lowest BCUT2D eigenvalue weighted by Gasteiger charge is -2.29. The van der Waals surface area contributed by atoms with Gasteiger partial charge in [0.15, 0.2) is 5.82 Å². The summed E-state index contributed by atoms with van der Waals surface area (Å²) in [5, 5.41) is 23.1. The number of aromatic nitrogens is 4. The minimum absolute atomic E-state index is 0.0529. The molecule has 2 heterocycles. The SMILES string of the molecule is OC[C@@H]1CC[C@@H](c2nnnn2Cc2ccccc2)N1Cc1ccccc1Cl. The van der Waals surface area contributed by atoms with E-state index in [1.54, 1.807) is 0 Å². The number of hydrogen-bond donors (Lipinski definition) is 1. The maximum atomic E-state index is 9.87. The highest BCUT2D eigenvalue weighted by atomic mass is 35.5. The maximum Gasteiger partial charge on any atom is 0.168 e. The third-order valence-electron chi connectivity index (χ3n) is 5.20. The van der Waals surface area contributed by atoms with E-state index in [-0.39, 0.29) is 18.7 Å². The first-order valence-corrected chi connectivity index (χ1v) is 9.54. The van der Waals surface area contributed by atoms with Crippen molar-refractivity contribution in [1.29, 1.82) is 0 Å². The first-order valence-electron chi connectivity index (χ1n) is 9.16. The van der Waals surface area contributed by atoms with Crippen LogP contribution in [0, 0.1) is 0 Å². The van der Waals surface area contributed by atoms with Crippen molar-refractivity contribution in [3.05, 3.63) is 76.6 Å². The number of hydrogen-bond acceptors (Lipinski definition) is 5. The summed E-state index contributed by atoms with van der Waals surface area (Å²) in [6.45, 7) is 1.40. The highest BCUT2D eigenvalue weighted by Crippen LogP contribution is 2.37. The van der Waals surface area contributed by atoms with Gasteiger partial charge in [-0.05, 0) is 40.5 Å². The lowest BCUT2D eigenvalue weighted by atomic mass is 10.1. The number of benzene rings is 2. The van der Waals surface area contributed by atoms with E-state index in [1.807, 2.05) is 47.1 Å². The van der Waals surface area contributed by atoms with E-state index in [1.165, 1.54) is 0 Å². The average molecular weight is 384 g/mol. The summed E-state index contributed by atoms with van der Waals surface area (Å²) in [6.07, 6.45) is 1.81. The molecule has 1 saturated heterocycles. The Kier molecular flexibility index (Phi) is 5.48. The van der Waals surface area contributed by atoms with Crippen LogP contribution >= 0.6 is 11.6 Å². The van der Waals surface area contributed by atoms with Gasteiger partial charge in [0.1, 0.15) is 0 Å². The van der Waals surface area contributed by atoms with Gasteiger partial charge in [0, 0.05) is 17.6 Å². The predicted octanol–water partition coefficient (Wildman–Crippen LogP) is 3.07. The Morgan fingerprint density at radius 3 is 2.56 bits per heavy atom. The van der Waals surface area contributed by atoms with E-state index >= 15 is 0 Å². The van der Waals surface area contributed by atoms with Crippen molar-refractivity contribution in [2.24, 2.45) is 0 Å². The molecule has 1 fully saturated rings. The fraction of sp³-hybridized carbons (Fsp3) is 0.350. The van der Waals surface area contributed by atoms with Crippen molar-refractivity contribution in [3.63, 3.8) is 0 Å². The van der Waals surface area contributed by atoms with Crippen LogP contribution in [0.25, 0.3) is 0 Å². The molecule has 3 aromatic rings. The van der Waals surface area contributed by atoms with E-state index in [9.17, 15) is 5.11 Å². The molecule has 1 aliphatic rings. The van der Waals surface area contributed by atoms with E-state index < -0.39 is 0 Å². The zero-order chi connectivity index (χ0) is 18.6. The molecule has 1 N–H and O–H groups in total. The van der Waals surface area contributed by atoms with Gasteiger partial charge in [-0.1, -0.05) is 60.1 Å². The summed E-state index contributed by atoms with van der Waals surface area (Å²) in [5.74, 6) is 0.835. The van der Waals surface area contributed by atoms with Crippen LogP contribution in [0.1, 0.15) is 35.8 Å². The third kappa shape index (κ3) is 3.88. The van der Waals surface area contributed by atoms with Gasteiger partial charge in [0.05, 0.1) is 19.2 Å². The zero-order valence-electron chi connectivity index (χ0n) is 14.9. The lowest BCUT2D eigenvalue weighted by molar-refractivity contribution is 0.117. The van der Waals surface area contributed by atoms with E-state index in [4.69, 9.17) is 11.6 Å². The molecule has 0 radical (unpaired) electrons. The van der Waals surface area contributed by atoms with Crippen LogP contribution in [-0.4, -0.2) is 42.9 Å². The van der Waals surface area contributed by atoms with Crippen LogP contribution in [0.2, 0.25) is 5.02 Å². The summed E-state index contributed by atoms with van der Waals surface area (Å²) in [4.78, 5) is 2.27. The van der Waals surface area contributed by atoms with Gasteiger partial charge in [-0.15, -0.1) is 5.10 Å². The summed E-state index contributed by atoms with van der Waals surface area (Å²) in [6, 6.07) is 18.1. The van der Waals surface area contributed by atoms with Gasteiger partial charge in [0.2, 0.25) is 0 Å². The second-order valence-corrected chi connectivity index (χ2v) is 7.28. The van der Waals surface area contributed by atoms with Gasteiger partial charge < -0.3 is 5.11 Å². The molecular weight excluding hydrogens is 362 g/mol. The fourth-order valence-corrected chi connectivity index (χ4v) is 3.99. The van der Waals surface area contributed by atoms with Crippen LogP contribution in [-0.2, 0) is 13.1 Å². The van der Waals surface area contributed by atoms with Crippen molar-refractivity contribution >= 4 is 11.6 Å². The van der Waals surface area contributed by atoms with Crippen LogP contribution < -0.4 is 0 Å². The summed E-state index contributed by atoms with van der Waals surface area (Å²) in [5.41, 5.74) is 2.20. The molecule has 6 nitrogen and oxygen atoms in total. The van der Waals surface area contributed by atoms with Crippen molar-refractivity contribution < 1.29 is 5.11 Å². The van der Waals surface area contributed by atoms with Gasteiger partial charge in [-0.3, -0.25) is 4.90 Å². The molecule has 27 heavy (non-hydrogen) atoms. The molecule has 0 amide bonds. The molecule has 2 atom stereocenters. The van der Waals surface area contributed by atoms with Gasteiger partial charge in [0.25, 0.3) is 0 Å². The standard InChI is InChI=1S/C20H22ClN5O/c21-18-9-5-4-8-16(18)13-25-17(14-27)10-11-19(25)20-22-23-24-26(20)12-15-6-2-1-3-7-15/h1-9,17,19,27H,10-14H2/t17-,19-/m0/s1. The first-order chi connectivity index (χ1) is 13.3. The summed E-state index contributed by atoms with van der Waals surface area (Å²) in [7, 11) is 0. The Hall–Kier alpha value is -2.28. The highest BCUT2D eigenvalue weighted by Gasteiger charge is 2.37. The summed E-state index contributed by atoms with van der Waals surface area (Å²) < 4.78 is 1.86. The molecule has 0 bridgehead atoms. The smallest absolute Gasteiger partial charge is 0.168 e. The second kappa shape index (κ2) is 8.17. The molecule has 7 heteroatoms. The molecule has 1 aromatic heterocycles. The Morgan fingerprint density at radius 1 is 1.00 bits per heavy atom. The van der Waals surface area contributed by atoms with E-state index in [0.717, 1.165) is 34.8 Å². The van der Waals surface area contributed by atoms with Crippen LogP contribution in [0.4, 0.5) is 0 Å². The fourth-order valence-electron chi connectivity index (χ4n) is 3.79. The number of aliphatic hydroxyl groups excluding tert-OH is 1. The topological polar surface area (TPSA) is 67.1 Å². The molecule has 0 spiro atoms. The van der Waals surface area contributed by atoms with Crippen LogP contribution in [0.3, 0.4) is 0 Å². The Morgan fingerprint density at radius 2 is 1.78 bits per heavy atom. The van der Waals surface area contributed by atoms with Crippen molar-refractivity contribution in [2.75, 3.05) is 6.61 Å². The van der Waals surface area contributed by atoms with Crippen molar-refractivity contribution in [2.45, 2.75) is 38.0 Å². The Bertz CT molecular complexity index is 885. The first kappa shape index (κ1) is 18.1. The number of tetrazole rings is 1. The van der Waals surface area contributed by atoms with Crippen molar-refractivity contribution in [3.8, 4) is 0 Å². The highest BCUT2D eigenvalue weighted by molar-refractivity contribution is 6.31. The van der Waals surface area contributed by atoms with Crippen molar-refractivity contribution in [1.82, 2.24) is 25.1 Å². The molecule has 1 aliphatic heterocycles. The molecule has 2 aromatic carbocycles. The van der Waals surface area contributed by atoms with E-state index in [0.29, 0.717) is 13.1 Å². The van der Waals surface area contributed by atoms with Gasteiger partial charge in [-0.25, -0.2) is 4.68 Å². The Balaban J connectivity index is 1.60. The number of nitrogens with zero attached hydrogens (tertiary/aromatic N) is 5. The van der Waals surface area contributed by atoms with Crippen LogP contribution in [0.15, 0.2) is 54.6 Å². The number of likely N-dealkylation sites (tertiary alicyclic amines) is 1. The quantitative estimate of drug-likeness (QED) is 0.708. The molecule has 140 valence electrons. The van der Waals surface area contributed by atoms with Crippen LogP contribution in [0.5, 0.6) is 0 Å². The monoisotopic (exact) mass is 383 g/mol. The normalized spacial score (nSPS) is 20.2. The third-order valence-corrected chi connectivity index (χ3v) is 5.57. The zero-order valence-corrected chi connectivity index (χ0v) is 15.7. The van der Waals surface area contributed by atoms with E-state index in [2.05, 4.69) is 32.6 Å². The molecule has 0 aliphatic carbocycles. The average Bonchev–Trinajstić information content (AvgIpc) is 3.30. The minimum Gasteiger partial charge on any atom is -0.395 e. The largest absolute Gasteiger partial charge is 0.395 e.